The molecule has 2 N–H and O–H groups in total. The number of nitrogens with zero attached hydrogens (tertiary/aromatic N) is 1. The summed E-state index contributed by atoms with van der Waals surface area (Å²) < 4.78 is 30.2. The summed E-state index contributed by atoms with van der Waals surface area (Å²) in [5.74, 6) is -2.09. The summed E-state index contributed by atoms with van der Waals surface area (Å²) in [5, 5.41) is 19.1. The average molecular weight is 462 g/mol. The molecule has 1 heterocycles. The van der Waals surface area contributed by atoms with Crippen molar-refractivity contribution in [2.24, 2.45) is 5.92 Å². The number of sulfone groups is 1. The minimum absolute atomic E-state index is 0.0822. The van der Waals surface area contributed by atoms with Crippen molar-refractivity contribution >= 4 is 21.8 Å². The van der Waals surface area contributed by atoms with Gasteiger partial charge >= 0.3 is 11.9 Å². The molecule has 3 rings (SSSR count). The normalized spacial score (nSPS) is 19.4. The third-order valence-electron chi connectivity index (χ3n) is 5.53. The number of aliphatic hydroxyl groups is 1. The van der Waals surface area contributed by atoms with Crippen molar-refractivity contribution in [3.63, 3.8) is 0 Å². The van der Waals surface area contributed by atoms with Crippen molar-refractivity contribution in [1.82, 2.24) is 4.90 Å². The molecule has 0 bridgehead atoms. The van der Waals surface area contributed by atoms with Gasteiger partial charge in [-0.1, -0.05) is 30.3 Å². The number of aliphatic carboxylic acids is 1. The Morgan fingerprint density at radius 2 is 1.75 bits per heavy atom. The molecule has 0 aliphatic carbocycles. The van der Waals surface area contributed by atoms with Crippen molar-refractivity contribution in [2.75, 3.05) is 25.4 Å². The third kappa shape index (κ3) is 6.88. The van der Waals surface area contributed by atoms with E-state index in [1.54, 1.807) is 0 Å². The Bertz CT molecular complexity index is 1020. The number of ether oxygens (including phenoxy) is 1. The van der Waals surface area contributed by atoms with Crippen LogP contribution in [0.4, 0.5) is 0 Å². The number of carboxylic acids is 1. The number of carbonyl (C=O) groups is 2. The standard InChI is InChI=1S/C23H27NO7S/c25-21-16-24(11-10-18(21)14-17-4-2-1-3-5-17)12-13-32(29,30)20-8-6-19(7-9-20)31-23(28)15-22(26)27/h1-9,18,21,25H,10-16H2,(H,26,27)/t18-,21-/m1/s1. The summed E-state index contributed by atoms with van der Waals surface area (Å²) in [4.78, 5) is 24.0. The first-order valence-electron chi connectivity index (χ1n) is 10.4. The molecule has 1 fully saturated rings. The summed E-state index contributed by atoms with van der Waals surface area (Å²) in [6.07, 6.45) is 0.323. The summed E-state index contributed by atoms with van der Waals surface area (Å²) >= 11 is 0. The van der Waals surface area contributed by atoms with Gasteiger partial charge in [0.2, 0.25) is 0 Å². The number of aliphatic hydroxyl groups excluding tert-OH is 1. The van der Waals surface area contributed by atoms with Crippen LogP contribution in [-0.4, -0.2) is 67.0 Å². The van der Waals surface area contributed by atoms with Crippen molar-refractivity contribution < 1.29 is 33.0 Å². The van der Waals surface area contributed by atoms with E-state index in [0.717, 1.165) is 19.4 Å². The average Bonchev–Trinajstić information content (AvgIpc) is 2.74. The number of rotatable bonds is 9. The van der Waals surface area contributed by atoms with Crippen LogP contribution in [0, 0.1) is 5.92 Å². The quantitative estimate of drug-likeness (QED) is 0.329. The van der Waals surface area contributed by atoms with Crippen LogP contribution in [0.25, 0.3) is 0 Å². The Kier molecular flexibility index (Phi) is 8.00. The molecule has 172 valence electrons. The lowest BCUT2D eigenvalue weighted by atomic mass is 9.88. The number of piperidine rings is 1. The van der Waals surface area contributed by atoms with Crippen LogP contribution >= 0.6 is 0 Å². The van der Waals surface area contributed by atoms with E-state index in [-0.39, 0.29) is 22.3 Å². The number of carbonyl (C=O) groups excluding carboxylic acids is 1. The Balaban J connectivity index is 1.49. The largest absolute Gasteiger partial charge is 0.481 e. The Labute approximate surface area is 187 Å². The van der Waals surface area contributed by atoms with Gasteiger partial charge in [0.05, 0.1) is 16.8 Å². The number of β-amino-alcohol motifs (C(OH)–C–C–N with tert-alkyl or cyclic N) is 1. The minimum Gasteiger partial charge on any atom is -0.481 e. The predicted molar refractivity (Wildman–Crippen MR) is 117 cm³/mol. The molecular weight excluding hydrogens is 434 g/mol. The molecule has 1 saturated heterocycles. The summed E-state index contributed by atoms with van der Waals surface area (Å²) in [6, 6.07) is 15.3. The van der Waals surface area contributed by atoms with E-state index in [0.29, 0.717) is 13.1 Å². The predicted octanol–water partition coefficient (Wildman–Crippen LogP) is 1.77. The lowest BCUT2D eigenvalue weighted by Crippen LogP contribution is -2.46. The summed E-state index contributed by atoms with van der Waals surface area (Å²) in [5.41, 5.74) is 1.18. The van der Waals surface area contributed by atoms with Crippen LogP contribution in [0.2, 0.25) is 0 Å². The maximum atomic E-state index is 12.7. The van der Waals surface area contributed by atoms with Gasteiger partial charge in [0.1, 0.15) is 12.2 Å². The van der Waals surface area contributed by atoms with E-state index in [4.69, 9.17) is 9.84 Å². The van der Waals surface area contributed by atoms with Gasteiger partial charge in [0, 0.05) is 13.1 Å². The topological polar surface area (TPSA) is 121 Å². The Morgan fingerprint density at radius 3 is 2.38 bits per heavy atom. The minimum atomic E-state index is -3.56. The number of likely N-dealkylation sites (tertiary alicyclic amines) is 1. The highest BCUT2D eigenvalue weighted by molar-refractivity contribution is 7.91. The molecule has 0 unspecified atom stereocenters. The fourth-order valence-electron chi connectivity index (χ4n) is 3.78. The smallest absolute Gasteiger partial charge is 0.322 e. The Hall–Kier alpha value is -2.75. The second-order valence-electron chi connectivity index (χ2n) is 7.94. The van der Waals surface area contributed by atoms with E-state index < -0.39 is 34.3 Å². The first-order chi connectivity index (χ1) is 15.2. The van der Waals surface area contributed by atoms with Crippen molar-refractivity contribution in [2.45, 2.75) is 30.3 Å². The van der Waals surface area contributed by atoms with Crippen LogP contribution in [0.1, 0.15) is 18.4 Å². The van der Waals surface area contributed by atoms with Gasteiger partial charge in [0.25, 0.3) is 0 Å². The van der Waals surface area contributed by atoms with Crippen molar-refractivity contribution in [3.05, 3.63) is 60.2 Å². The van der Waals surface area contributed by atoms with E-state index >= 15 is 0 Å². The molecule has 2 aromatic carbocycles. The molecule has 0 aromatic heterocycles. The van der Waals surface area contributed by atoms with Crippen LogP contribution in [-0.2, 0) is 25.8 Å². The second kappa shape index (κ2) is 10.7. The van der Waals surface area contributed by atoms with Crippen LogP contribution in [0.15, 0.2) is 59.5 Å². The fraction of sp³-hybridized carbons (Fsp3) is 0.391. The molecular formula is C23H27NO7S. The van der Waals surface area contributed by atoms with Crippen LogP contribution in [0.5, 0.6) is 5.75 Å². The molecule has 1 aliphatic heterocycles. The zero-order valence-electron chi connectivity index (χ0n) is 17.6. The SMILES string of the molecule is O=C(O)CC(=O)Oc1ccc(S(=O)(=O)CCN2CC[C@H](Cc3ccccc3)[C@H](O)C2)cc1. The molecule has 2 aromatic rings. The highest BCUT2D eigenvalue weighted by atomic mass is 32.2. The zero-order chi connectivity index (χ0) is 23.1. The molecule has 32 heavy (non-hydrogen) atoms. The number of hydrogen-bond acceptors (Lipinski definition) is 7. The number of benzene rings is 2. The Morgan fingerprint density at radius 1 is 1.06 bits per heavy atom. The van der Waals surface area contributed by atoms with Crippen LogP contribution < -0.4 is 4.74 Å². The zero-order valence-corrected chi connectivity index (χ0v) is 18.4. The molecule has 9 heteroatoms. The maximum Gasteiger partial charge on any atom is 0.322 e. The first kappa shape index (κ1) is 23.9. The van der Waals surface area contributed by atoms with Gasteiger partial charge in [0.15, 0.2) is 9.84 Å². The van der Waals surface area contributed by atoms with E-state index in [1.165, 1.54) is 29.8 Å². The van der Waals surface area contributed by atoms with Gasteiger partial charge in [-0.25, -0.2) is 8.42 Å². The van der Waals surface area contributed by atoms with Gasteiger partial charge in [-0.05, 0) is 55.1 Å². The fourth-order valence-corrected chi connectivity index (χ4v) is 5.06. The molecule has 1 aliphatic rings. The molecule has 8 nitrogen and oxygen atoms in total. The van der Waals surface area contributed by atoms with E-state index in [1.807, 2.05) is 35.2 Å². The number of hydrogen-bond donors (Lipinski definition) is 2. The van der Waals surface area contributed by atoms with Gasteiger partial charge in [-0.3, -0.25) is 14.5 Å². The highest BCUT2D eigenvalue weighted by Gasteiger charge is 2.28. The molecule has 0 amide bonds. The van der Waals surface area contributed by atoms with E-state index in [2.05, 4.69) is 0 Å². The van der Waals surface area contributed by atoms with Crippen LogP contribution in [0.3, 0.4) is 0 Å². The molecule has 0 spiro atoms. The lowest BCUT2D eigenvalue weighted by molar-refractivity contribution is -0.145. The van der Waals surface area contributed by atoms with Crippen molar-refractivity contribution in [1.29, 1.82) is 0 Å². The monoisotopic (exact) mass is 461 g/mol. The lowest BCUT2D eigenvalue weighted by Gasteiger charge is -2.36. The molecule has 2 atom stereocenters. The van der Waals surface area contributed by atoms with Gasteiger partial charge in [-0.15, -0.1) is 0 Å². The summed E-state index contributed by atoms with van der Waals surface area (Å²) in [6.45, 7) is 1.47. The van der Waals surface area contributed by atoms with Crippen molar-refractivity contribution in [3.8, 4) is 5.75 Å². The summed E-state index contributed by atoms with van der Waals surface area (Å²) in [7, 11) is -3.56. The van der Waals surface area contributed by atoms with Gasteiger partial charge < -0.3 is 14.9 Å². The van der Waals surface area contributed by atoms with Gasteiger partial charge in [-0.2, -0.15) is 0 Å². The third-order valence-corrected chi connectivity index (χ3v) is 7.24. The number of carboxylic acid groups (broad SMARTS) is 1. The molecule has 0 radical (unpaired) electrons. The highest BCUT2D eigenvalue weighted by Crippen LogP contribution is 2.23. The first-order valence-corrected chi connectivity index (χ1v) is 12.1. The molecule has 0 saturated carbocycles. The van der Waals surface area contributed by atoms with E-state index in [9.17, 15) is 23.1 Å². The second-order valence-corrected chi connectivity index (χ2v) is 10.1. The number of esters is 1. The maximum absolute atomic E-state index is 12.7.